The normalized spacial score (nSPS) is 10.1. The Morgan fingerprint density at radius 2 is 1.76 bits per heavy atom. The van der Waals surface area contributed by atoms with Gasteiger partial charge in [-0.25, -0.2) is 0 Å². The summed E-state index contributed by atoms with van der Waals surface area (Å²) in [6, 6.07) is 17.4. The second-order valence-electron chi connectivity index (χ2n) is 4.70. The van der Waals surface area contributed by atoms with E-state index in [0.29, 0.717) is 19.6 Å². The van der Waals surface area contributed by atoms with Crippen molar-refractivity contribution in [2.45, 2.75) is 13.0 Å². The first-order chi connectivity index (χ1) is 10.3. The third-order valence-corrected chi connectivity index (χ3v) is 2.99. The van der Waals surface area contributed by atoms with Crippen molar-refractivity contribution >= 4 is 11.6 Å². The second kappa shape index (κ2) is 8.07. The molecular weight excluding hydrogens is 264 g/mol. The van der Waals surface area contributed by atoms with Gasteiger partial charge in [0.1, 0.15) is 12.4 Å². The number of ether oxygens (including phenoxy) is 1. The highest BCUT2D eigenvalue weighted by Gasteiger charge is 2.02. The summed E-state index contributed by atoms with van der Waals surface area (Å²) in [5.74, 6) is 0.786. The van der Waals surface area contributed by atoms with Crippen molar-refractivity contribution in [1.82, 2.24) is 5.32 Å². The Bertz CT molecular complexity index is 553. The minimum Gasteiger partial charge on any atom is -0.489 e. The van der Waals surface area contributed by atoms with Crippen molar-refractivity contribution in [3.8, 4) is 5.75 Å². The van der Waals surface area contributed by atoms with Crippen LogP contribution in [0.15, 0.2) is 54.6 Å². The maximum absolute atomic E-state index is 11.6. The van der Waals surface area contributed by atoms with Gasteiger partial charge in [0.05, 0.1) is 0 Å². The summed E-state index contributed by atoms with van der Waals surface area (Å²) in [4.78, 5) is 11.6. The van der Waals surface area contributed by atoms with Crippen LogP contribution in [0.4, 0.5) is 5.69 Å². The molecule has 0 heterocycles. The summed E-state index contributed by atoms with van der Waals surface area (Å²) in [5, 5.41) is 5.79. The number of benzene rings is 2. The van der Waals surface area contributed by atoms with E-state index in [1.54, 1.807) is 0 Å². The molecule has 0 saturated carbocycles. The minimum absolute atomic E-state index is 0.00213. The highest BCUT2D eigenvalue weighted by Crippen LogP contribution is 2.17. The molecule has 4 nitrogen and oxygen atoms in total. The van der Waals surface area contributed by atoms with Crippen molar-refractivity contribution in [2.75, 3.05) is 18.9 Å². The number of carbonyl (C=O) groups is 1. The molecule has 2 N–H and O–H groups in total. The van der Waals surface area contributed by atoms with Gasteiger partial charge < -0.3 is 15.4 Å². The van der Waals surface area contributed by atoms with Gasteiger partial charge in [-0.05, 0) is 36.9 Å². The largest absolute Gasteiger partial charge is 0.489 e. The summed E-state index contributed by atoms with van der Waals surface area (Å²) < 4.78 is 5.69. The fourth-order valence-electron chi connectivity index (χ4n) is 1.84. The van der Waals surface area contributed by atoms with Crippen LogP contribution in [0.1, 0.15) is 12.0 Å². The zero-order valence-electron chi connectivity index (χ0n) is 12.1. The first kappa shape index (κ1) is 15.1. The monoisotopic (exact) mass is 284 g/mol. The van der Waals surface area contributed by atoms with Crippen molar-refractivity contribution in [3.05, 3.63) is 60.2 Å². The topological polar surface area (TPSA) is 50.4 Å². The maximum atomic E-state index is 11.6. The highest BCUT2D eigenvalue weighted by atomic mass is 16.5. The summed E-state index contributed by atoms with van der Waals surface area (Å²) in [5.41, 5.74) is 1.91. The van der Waals surface area contributed by atoms with Crippen LogP contribution in [0.5, 0.6) is 5.75 Å². The predicted molar refractivity (Wildman–Crippen MR) is 84.4 cm³/mol. The van der Waals surface area contributed by atoms with Gasteiger partial charge in [-0.3, -0.25) is 4.79 Å². The quantitative estimate of drug-likeness (QED) is 0.822. The van der Waals surface area contributed by atoms with E-state index in [4.69, 9.17) is 4.74 Å². The number of hydrogen-bond acceptors (Lipinski definition) is 3. The van der Waals surface area contributed by atoms with Gasteiger partial charge in [0, 0.05) is 18.7 Å². The van der Waals surface area contributed by atoms with Crippen LogP contribution in [0.25, 0.3) is 0 Å². The van der Waals surface area contributed by atoms with Crippen LogP contribution < -0.4 is 15.4 Å². The van der Waals surface area contributed by atoms with Crippen molar-refractivity contribution in [2.24, 2.45) is 0 Å². The Morgan fingerprint density at radius 3 is 2.43 bits per heavy atom. The average Bonchev–Trinajstić information content (AvgIpc) is 2.53. The van der Waals surface area contributed by atoms with E-state index >= 15 is 0 Å². The van der Waals surface area contributed by atoms with E-state index in [9.17, 15) is 4.79 Å². The Kier molecular flexibility index (Phi) is 5.79. The summed E-state index contributed by atoms with van der Waals surface area (Å²) in [6.07, 6.45) is 0.461. The number of anilines is 1. The molecule has 0 unspecified atom stereocenters. The molecule has 0 fully saturated rings. The lowest BCUT2D eigenvalue weighted by atomic mass is 10.2. The first-order valence-corrected chi connectivity index (χ1v) is 6.99. The lowest BCUT2D eigenvalue weighted by Gasteiger charge is -2.08. The fraction of sp³-hybridized carbons (Fsp3) is 0.235. The second-order valence-corrected chi connectivity index (χ2v) is 4.70. The molecule has 0 atom stereocenters. The summed E-state index contributed by atoms with van der Waals surface area (Å²) in [6.45, 7) is 1.21. The van der Waals surface area contributed by atoms with E-state index in [1.165, 1.54) is 0 Å². The van der Waals surface area contributed by atoms with Gasteiger partial charge in [0.15, 0.2) is 0 Å². The van der Waals surface area contributed by atoms with Gasteiger partial charge in [-0.15, -0.1) is 0 Å². The smallest absolute Gasteiger partial charge is 0.225 e. The minimum atomic E-state index is 0.00213. The van der Waals surface area contributed by atoms with Gasteiger partial charge in [-0.1, -0.05) is 30.3 Å². The molecule has 0 aliphatic carbocycles. The molecule has 21 heavy (non-hydrogen) atoms. The molecular formula is C17H20N2O2. The molecule has 2 aromatic rings. The van der Waals surface area contributed by atoms with Gasteiger partial charge >= 0.3 is 0 Å². The van der Waals surface area contributed by atoms with Crippen molar-refractivity contribution in [1.29, 1.82) is 0 Å². The SMILES string of the molecule is CNCCC(=O)Nc1ccc(OCc2ccccc2)cc1. The third kappa shape index (κ3) is 5.28. The molecule has 4 heteroatoms. The number of amides is 1. The molecule has 110 valence electrons. The van der Waals surface area contributed by atoms with Gasteiger partial charge in [-0.2, -0.15) is 0 Å². The van der Waals surface area contributed by atoms with E-state index in [0.717, 1.165) is 17.0 Å². The fourth-order valence-corrected chi connectivity index (χ4v) is 1.84. The molecule has 2 aromatic carbocycles. The predicted octanol–water partition coefficient (Wildman–Crippen LogP) is 2.81. The standard InChI is InChI=1S/C17H20N2O2/c1-18-12-11-17(20)19-15-7-9-16(10-8-15)21-13-14-5-3-2-4-6-14/h2-10,18H,11-13H2,1H3,(H,19,20). The molecule has 0 aliphatic rings. The van der Waals surface area contributed by atoms with Crippen LogP contribution in [-0.2, 0) is 11.4 Å². The zero-order chi connectivity index (χ0) is 14.9. The van der Waals surface area contributed by atoms with E-state index in [2.05, 4.69) is 10.6 Å². The molecule has 1 amide bonds. The van der Waals surface area contributed by atoms with Crippen LogP contribution >= 0.6 is 0 Å². The molecule has 0 spiro atoms. The molecule has 0 bridgehead atoms. The van der Waals surface area contributed by atoms with E-state index < -0.39 is 0 Å². The Labute approximate surface area is 125 Å². The average molecular weight is 284 g/mol. The number of nitrogens with one attached hydrogen (secondary N) is 2. The molecule has 0 radical (unpaired) electrons. The number of hydrogen-bond donors (Lipinski definition) is 2. The molecule has 0 saturated heterocycles. The van der Waals surface area contributed by atoms with Crippen molar-refractivity contribution in [3.63, 3.8) is 0 Å². The number of rotatable bonds is 7. The Balaban J connectivity index is 1.83. The highest BCUT2D eigenvalue weighted by molar-refractivity contribution is 5.90. The van der Waals surface area contributed by atoms with Crippen LogP contribution in [0, 0.1) is 0 Å². The lowest BCUT2D eigenvalue weighted by molar-refractivity contribution is -0.116. The van der Waals surface area contributed by atoms with Gasteiger partial charge in [0.25, 0.3) is 0 Å². The zero-order valence-corrected chi connectivity index (χ0v) is 12.1. The third-order valence-electron chi connectivity index (χ3n) is 2.99. The Morgan fingerprint density at radius 1 is 1.05 bits per heavy atom. The van der Waals surface area contributed by atoms with Crippen molar-refractivity contribution < 1.29 is 9.53 Å². The Hall–Kier alpha value is -2.33. The number of carbonyl (C=O) groups excluding carboxylic acids is 1. The van der Waals surface area contributed by atoms with Crippen LogP contribution in [0.2, 0.25) is 0 Å². The van der Waals surface area contributed by atoms with Gasteiger partial charge in [0.2, 0.25) is 5.91 Å². The lowest BCUT2D eigenvalue weighted by Crippen LogP contribution is -2.18. The van der Waals surface area contributed by atoms with E-state index in [1.807, 2.05) is 61.6 Å². The van der Waals surface area contributed by atoms with Crippen LogP contribution in [0.3, 0.4) is 0 Å². The summed E-state index contributed by atoms with van der Waals surface area (Å²) in [7, 11) is 1.83. The summed E-state index contributed by atoms with van der Waals surface area (Å²) >= 11 is 0. The maximum Gasteiger partial charge on any atom is 0.225 e. The van der Waals surface area contributed by atoms with Crippen LogP contribution in [-0.4, -0.2) is 19.5 Å². The first-order valence-electron chi connectivity index (χ1n) is 6.99. The molecule has 0 aliphatic heterocycles. The molecule has 0 aromatic heterocycles. The van der Waals surface area contributed by atoms with E-state index in [-0.39, 0.29) is 5.91 Å². The molecule has 2 rings (SSSR count).